The summed E-state index contributed by atoms with van der Waals surface area (Å²) < 4.78 is 22.9. The second kappa shape index (κ2) is 9.72. The molecule has 8 nitrogen and oxygen atoms in total. The fourth-order valence-electron chi connectivity index (χ4n) is 3.41. The molecular weight excluding hydrogens is 401 g/mol. The molecule has 1 N–H and O–H groups in total. The Bertz CT molecular complexity index is 1130. The quantitative estimate of drug-likeness (QED) is 0.474. The van der Waals surface area contributed by atoms with E-state index in [2.05, 4.69) is 15.3 Å². The van der Waals surface area contributed by atoms with E-state index in [-0.39, 0.29) is 17.1 Å². The molecule has 1 aromatic carbocycles. The minimum Gasteiger partial charge on any atom is -0.490 e. The first-order valence-corrected chi connectivity index (χ1v) is 10.7. The van der Waals surface area contributed by atoms with Gasteiger partial charge in [-0.2, -0.15) is 0 Å². The van der Waals surface area contributed by atoms with Crippen LogP contribution < -0.4 is 16.0 Å². The number of nitrogens with zero attached hydrogens (tertiary/aromatic N) is 4. The molecule has 31 heavy (non-hydrogen) atoms. The molecule has 0 amide bonds. The Labute approximate surface area is 178 Å². The summed E-state index contributed by atoms with van der Waals surface area (Å²) in [5.41, 5.74) is 1.23. The first-order valence-electron chi connectivity index (χ1n) is 10.7. The van der Waals surface area contributed by atoms with Crippen LogP contribution in [-0.2, 0) is 25.9 Å². The molecule has 9 heteroatoms. The lowest BCUT2D eigenvalue weighted by molar-refractivity contribution is 0.285. The van der Waals surface area contributed by atoms with Crippen molar-refractivity contribution in [1.82, 2.24) is 24.5 Å². The average Bonchev–Trinajstić information content (AvgIpc) is 3.48. The topological polar surface area (TPSA) is 94.8 Å². The normalized spacial score (nSPS) is 13.5. The van der Waals surface area contributed by atoms with Crippen molar-refractivity contribution in [2.24, 2.45) is 5.92 Å². The molecule has 0 atom stereocenters. The number of aryl methyl sites for hydroxylation is 4. The highest BCUT2D eigenvalue weighted by Gasteiger charge is 2.22. The van der Waals surface area contributed by atoms with Crippen molar-refractivity contribution in [2.45, 2.75) is 51.6 Å². The van der Waals surface area contributed by atoms with Gasteiger partial charge >= 0.3 is 5.69 Å². The number of ether oxygens (including phenoxy) is 1. The first-order chi connectivity index (χ1) is 15.1. The molecule has 0 spiro atoms. The smallest absolute Gasteiger partial charge is 0.328 e. The van der Waals surface area contributed by atoms with Gasteiger partial charge in [-0.05, 0) is 62.1 Å². The third-order valence-corrected chi connectivity index (χ3v) is 5.46. The largest absolute Gasteiger partial charge is 0.490 e. The van der Waals surface area contributed by atoms with Crippen LogP contribution in [0.2, 0.25) is 0 Å². The fourth-order valence-corrected chi connectivity index (χ4v) is 3.41. The third-order valence-electron chi connectivity index (χ3n) is 5.46. The standard InChI is InChI=1S/C22H26FN5O3/c23-19-7-6-16(13-20(19)31-15-17-4-5-17)8-12-28-18(14-24-26-28)3-1-2-10-27-11-9-21(29)25-22(27)30/h6-7,9,11,13-14,17H,1-5,8,10,12,15H2,(H,25,29,30). The van der Waals surface area contributed by atoms with E-state index in [0.29, 0.717) is 37.8 Å². The van der Waals surface area contributed by atoms with E-state index < -0.39 is 0 Å². The molecule has 2 aromatic heterocycles. The zero-order chi connectivity index (χ0) is 21.6. The molecule has 0 saturated heterocycles. The number of rotatable bonds is 11. The maximum atomic E-state index is 14.0. The second-order valence-electron chi connectivity index (χ2n) is 7.98. The third kappa shape index (κ3) is 5.90. The van der Waals surface area contributed by atoms with Gasteiger partial charge in [0.25, 0.3) is 5.56 Å². The SMILES string of the molecule is O=c1ccn(CCCCc2cnnn2CCc2ccc(F)c(OCC3CC3)c2)c(=O)[nH]1. The second-order valence-corrected chi connectivity index (χ2v) is 7.98. The van der Waals surface area contributed by atoms with Crippen LogP contribution in [0.3, 0.4) is 0 Å². The van der Waals surface area contributed by atoms with Crippen molar-refractivity contribution in [3.63, 3.8) is 0 Å². The Morgan fingerprint density at radius 2 is 2.00 bits per heavy atom. The average molecular weight is 427 g/mol. The molecule has 1 saturated carbocycles. The summed E-state index contributed by atoms with van der Waals surface area (Å²) in [6.45, 7) is 1.76. The molecule has 0 radical (unpaired) electrons. The van der Waals surface area contributed by atoms with Crippen LogP contribution >= 0.6 is 0 Å². The molecule has 1 aliphatic carbocycles. The van der Waals surface area contributed by atoms with Crippen LogP contribution in [0, 0.1) is 11.7 Å². The Morgan fingerprint density at radius 1 is 1.13 bits per heavy atom. The lowest BCUT2D eigenvalue weighted by Crippen LogP contribution is -2.28. The van der Waals surface area contributed by atoms with Crippen LogP contribution in [0.4, 0.5) is 4.39 Å². The van der Waals surface area contributed by atoms with Crippen molar-refractivity contribution in [1.29, 1.82) is 0 Å². The Balaban J connectivity index is 1.27. The van der Waals surface area contributed by atoms with Gasteiger partial charge in [0, 0.05) is 25.4 Å². The summed E-state index contributed by atoms with van der Waals surface area (Å²) in [7, 11) is 0. The summed E-state index contributed by atoms with van der Waals surface area (Å²) in [4.78, 5) is 25.1. The highest BCUT2D eigenvalue weighted by molar-refractivity contribution is 5.30. The predicted octanol–water partition coefficient (Wildman–Crippen LogP) is 2.32. The summed E-state index contributed by atoms with van der Waals surface area (Å²) in [5.74, 6) is 0.566. The van der Waals surface area contributed by atoms with E-state index in [1.54, 1.807) is 18.3 Å². The molecule has 2 heterocycles. The predicted molar refractivity (Wildman–Crippen MR) is 113 cm³/mol. The van der Waals surface area contributed by atoms with Crippen molar-refractivity contribution in [3.05, 3.63) is 74.6 Å². The zero-order valence-electron chi connectivity index (χ0n) is 17.3. The van der Waals surface area contributed by atoms with Gasteiger partial charge < -0.3 is 9.30 Å². The van der Waals surface area contributed by atoms with Crippen molar-refractivity contribution in [3.8, 4) is 5.75 Å². The first kappa shape index (κ1) is 21.0. The number of H-pyrrole nitrogens is 1. The highest BCUT2D eigenvalue weighted by atomic mass is 19.1. The van der Waals surface area contributed by atoms with Gasteiger partial charge in [-0.15, -0.1) is 5.10 Å². The summed E-state index contributed by atoms with van der Waals surface area (Å²) in [6.07, 6.45) is 8.72. The molecule has 0 bridgehead atoms. The molecule has 1 aliphatic rings. The van der Waals surface area contributed by atoms with Crippen molar-refractivity contribution >= 4 is 0 Å². The fraction of sp³-hybridized carbons (Fsp3) is 0.455. The van der Waals surface area contributed by atoms with E-state index in [1.165, 1.54) is 22.9 Å². The molecular formula is C22H26FN5O3. The zero-order valence-corrected chi connectivity index (χ0v) is 17.3. The maximum Gasteiger partial charge on any atom is 0.328 e. The number of halogens is 1. The molecule has 3 aromatic rings. The summed E-state index contributed by atoms with van der Waals surface area (Å²) in [6, 6.07) is 6.35. The highest BCUT2D eigenvalue weighted by Crippen LogP contribution is 2.30. The van der Waals surface area contributed by atoms with Gasteiger partial charge in [-0.3, -0.25) is 9.78 Å². The van der Waals surface area contributed by atoms with E-state index in [1.807, 2.05) is 4.68 Å². The maximum absolute atomic E-state index is 14.0. The molecule has 164 valence electrons. The number of nitrogens with one attached hydrogen (secondary N) is 1. The van der Waals surface area contributed by atoms with Crippen molar-refractivity contribution in [2.75, 3.05) is 6.61 Å². The van der Waals surface area contributed by atoms with Crippen LogP contribution in [-0.4, -0.2) is 31.2 Å². The number of aromatic amines is 1. The van der Waals surface area contributed by atoms with Gasteiger partial charge in [-0.25, -0.2) is 13.9 Å². The number of unbranched alkanes of at least 4 members (excludes halogenated alkanes) is 1. The number of hydrogen-bond acceptors (Lipinski definition) is 5. The Hall–Kier alpha value is -3.23. The lowest BCUT2D eigenvalue weighted by Gasteiger charge is -2.10. The summed E-state index contributed by atoms with van der Waals surface area (Å²) in [5, 5.41) is 8.18. The molecule has 0 aliphatic heterocycles. The lowest BCUT2D eigenvalue weighted by atomic mass is 10.1. The van der Waals surface area contributed by atoms with E-state index in [9.17, 15) is 14.0 Å². The summed E-state index contributed by atoms with van der Waals surface area (Å²) >= 11 is 0. The Kier molecular flexibility index (Phi) is 6.59. The monoisotopic (exact) mass is 427 g/mol. The van der Waals surface area contributed by atoms with E-state index >= 15 is 0 Å². The minimum atomic E-state index is -0.390. The van der Waals surface area contributed by atoms with Crippen molar-refractivity contribution < 1.29 is 9.13 Å². The van der Waals surface area contributed by atoms with E-state index in [0.717, 1.165) is 43.4 Å². The van der Waals surface area contributed by atoms with Gasteiger partial charge in [0.2, 0.25) is 0 Å². The number of aromatic nitrogens is 5. The van der Waals surface area contributed by atoms with Gasteiger partial charge in [0.1, 0.15) is 0 Å². The van der Waals surface area contributed by atoms with Gasteiger partial charge in [0.15, 0.2) is 11.6 Å². The van der Waals surface area contributed by atoms with Crippen LogP contribution in [0.15, 0.2) is 46.2 Å². The van der Waals surface area contributed by atoms with Crippen LogP contribution in [0.5, 0.6) is 5.75 Å². The van der Waals surface area contributed by atoms with Gasteiger partial charge in [-0.1, -0.05) is 11.3 Å². The van der Waals surface area contributed by atoms with Gasteiger partial charge in [0.05, 0.1) is 18.5 Å². The minimum absolute atomic E-state index is 0.320. The van der Waals surface area contributed by atoms with Crippen LogP contribution in [0.1, 0.15) is 36.9 Å². The molecule has 0 unspecified atom stereocenters. The molecule has 4 rings (SSSR count). The number of hydrogen-bond donors (Lipinski definition) is 1. The Morgan fingerprint density at radius 3 is 2.81 bits per heavy atom. The van der Waals surface area contributed by atoms with E-state index in [4.69, 9.17) is 4.74 Å². The number of benzene rings is 1. The molecule has 1 fully saturated rings. The van der Waals surface area contributed by atoms with Crippen LogP contribution in [0.25, 0.3) is 0 Å².